The number of aromatic amines is 1. The van der Waals surface area contributed by atoms with Crippen molar-refractivity contribution in [1.29, 1.82) is 0 Å². The average Bonchev–Trinajstić information content (AvgIpc) is 2.81. The predicted molar refractivity (Wildman–Crippen MR) is 91.4 cm³/mol. The Labute approximate surface area is 142 Å². The minimum Gasteiger partial charge on any atom is -0.505 e. The van der Waals surface area contributed by atoms with Gasteiger partial charge in [-0.3, -0.25) is 9.89 Å². The molecular weight excluding hydrogens is 324 g/mol. The van der Waals surface area contributed by atoms with Crippen LogP contribution in [0.1, 0.15) is 17.0 Å². The zero-order valence-corrected chi connectivity index (χ0v) is 13.9. The first-order valence-electron chi connectivity index (χ1n) is 7.51. The van der Waals surface area contributed by atoms with E-state index >= 15 is 0 Å². The molecule has 0 fully saturated rings. The number of rotatable bonds is 3. The summed E-state index contributed by atoms with van der Waals surface area (Å²) >= 11 is 0. The summed E-state index contributed by atoms with van der Waals surface area (Å²) in [6.07, 6.45) is 0. The molecule has 3 rings (SSSR count). The maximum atomic E-state index is 12.5. The maximum absolute atomic E-state index is 12.5. The minimum absolute atomic E-state index is 0.0416. The number of H-pyrrole nitrogens is 1. The van der Waals surface area contributed by atoms with Crippen LogP contribution in [0.15, 0.2) is 54.6 Å². The maximum Gasteiger partial charge on any atom is 0.366 e. The molecule has 0 aliphatic rings. The lowest BCUT2D eigenvalue weighted by Crippen LogP contribution is -2.21. The third kappa shape index (κ3) is 3.14. The smallest absolute Gasteiger partial charge is 0.366 e. The molecule has 1 aromatic carbocycles. The molecule has 0 saturated heterocycles. The van der Waals surface area contributed by atoms with Crippen LogP contribution >= 0.6 is 0 Å². The lowest BCUT2D eigenvalue weighted by atomic mass is 10.2. The number of hydrogen-bond donors (Lipinski definition) is 2. The van der Waals surface area contributed by atoms with Gasteiger partial charge in [0.1, 0.15) is 5.76 Å². The molecule has 0 aliphatic carbocycles. The average molecular weight is 340 g/mol. The van der Waals surface area contributed by atoms with Crippen molar-refractivity contribution in [2.24, 2.45) is 10.2 Å². The monoisotopic (exact) mass is 340 g/mol. The molecule has 0 bridgehead atoms. The van der Waals surface area contributed by atoms with Crippen molar-refractivity contribution in [3.8, 4) is 11.4 Å². The van der Waals surface area contributed by atoms with Gasteiger partial charge in [0, 0.05) is 6.07 Å². The highest BCUT2D eigenvalue weighted by Crippen LogP contribution is 2.21. The quantitative estimate of drug-likeness (QED) is 0.713. The van der Waals surface area contributed by atoms with Gasteiger partial charge in [0.05, 0.1) is 11.4 Å². The van der Waals surface area contributed by atoms with Crippen molar-refractivity contribution < 1.29 is 9.52 Å². The van der Waals surface area contributed by atoms with E-state index in [0.29, 0.717) is 11.4 Å². The molecule has 128 valence electrons. The summed E-state index contributed by atoms with van der Waals surface area (Å²) in [5.74, 6) is -0.124. The molecule has 0 atom stereocenters. The molecule has 8 heteroatoms. The normalized spacial score (nSPS) is 11.3. The van der Waals surface area contributed by atoms with E-state index in [4.69, 9.17) is 4.42 Å². The molecule has 2 aromatic heterocycles. The molecule has 25 heavy (non-hydrogen) atoms. The number of aromatic nitrogens is 2. The fraction of sp³-hybridized carbons (Fsp3) is 0.176. The van der Waals surface area contributed by atoms with E-state index < -0.39 is 11.2 Å². The van der Waals surface area contributed by atoms with E-state index in [2.05, 4.69) is 15.3 Å². The molecule has 2 heterocycles. The Morgan fingerprint density at radius 2 is 1.76 bits per heavy atom. The van der Waals surface area contributed by atoms with Crippen LogP contribution in [0.4, 0.5) is 11.4 Å². The van der Waals surface area contributed by atoms with Crippen LogP contribution in [-0.2, 0) is 0 Å². The Kier molecular flexibility index (Phi) is 4.10. The Hall–Kier alpha value is -3.42. The molecular formula is C17H16N4O4. The van der Waals surface area contributed by atoms with E-state index in [9.17, 15) is 14.7 Å². The summed E-state index contributed by atoms with van der Waals surface area (Å²) in [4.78, 5) is 24.5. The highest BCUT2D eigenvalue weighted by molar-refractivity contribution is 5.48. The zero-order chi connectivity index (χ0) is 18.1. The van der Waals surface area contributed by atoms with Crippen LogP contribution in [0, 0.1) is 20.8 Å². The van der Waals surface area contributed by atoms with Gasteiger partial charge in [-0.05, 0) is 32.9 Å². The van der Waals surface area contributed by atoms with Crippen molar-refractivity contribution in [1.82, 2.24) is 9.78 Å². The minimum atomic E-state index is -0.831. The van der Waals surface area contributed by atoms with Gasteiger partial charge in [-0.25, -0.2) is 9.48 Å². The fourth-order valence-electron chi connectivity index (χ4n) is 2.33. The van der Waals surface area contributed by atoms with Crippen molar-refractivity contribution >= 4 is 11.4 Å². The summed E-state index contributed by atoms with van der Waals surface area (Å²) in [6.45, 7) is 5.10. The Balaban J connectivity index is 2.07. The standard InChI is InChI=1S/C17H16N4O4/c1-9-4-6-12(7-5-9)18-19-14-11(3)20-21(16(14)23)15-13(22)8-10(2)25-17(15)24/h4-8,20,22H,1-3H3. The largest absolute Gasteiger partial charge is 0.505 e. The van der Waals surface area contributed by atoms with Gasteiger partial charge in [-0.1, -0.05) is 17.7 Å². The number of benzene rings is 1. The van der Waals surface area contributed by atoms with E-state index in [0.717, 1.165) is 10.2 Å². The summed E-state index contributed by atoms with van der Waals surface area (Å²) < 4.78 is 5.84. The van der Waals surface area contributed by atoms with E-state index in [1.807, 2.05) is 19.1 Å². The molecule has 0 aliphatic heterocycles. The Morgan fingerprint density at radius 1 is 1.08 bits per heavy atom. The van der Waals surface area contributed by atoms with Crippen LogP contribution < -0.4 is 11.2 Å². The Bertz CT molecular complexity index is 1070. The first-order chi connectivity index (χ1) is 11.9. The zero-order valence-electron chi connectivity index (χ0n) is 13.9. The van der Waals surface area contributed by atoms with Gasteiger partial charge in [0.25, 0.3) is 5.56 Å². The molecule has 3 aromatic rings. The summed E-state index contributed by atoms with van der Waals surface area (Å²) in [6, 6.07) is 8.57. The number of nitrogens with one attached hydrogen (secondary N) is 1. The van der Waals surface area contributed by atoms with Gasteiger partial charge >= 0.3 is 5.63 Å². The third-order valence-corrected chi connectivity index (χ3v) is 3.59. The van der Waals surface area contributed by atoms with E-state index in [1.165, 1.54) is 13.0 Å². The van der Waals surface area contributed by atoms with Crippen LogP contribution in [0.5, 0.6) is 5.75 Å². The number of aryl methyl sites for hydroxylation is 3. The van der Waals surface area contributed by atoms with Crippen LogP contribution in [0.2, 0.25) is 0 Å². The van der Waals surface area contributed by atoms with Gasteiger partial charge in [0.2, 0.25) is 0 Å². The molecule has 0 spiro atoms. The molecule has 0 amide bonds. The van der Waals surface area contributed by atoms with Gasteiger partial charge in [-0.2, -0.15) is 5.11 Å². The highest BCUT2D eigenvalue weighted by atomic mass is 16.4. The summed E-state index contributed by atoms with van der Waals surface area (Å²) in [7, 11) is 0. The topological polar surface area (TPSA) is 113 Å². The fourth-order valence-corrected chi connectivity index (χ4v) is 2.33. The number of hydrogen-bond acceptors (Lipinski definition) is 6. The first-order valence-corrected chi connectivity index (χ1v) is 7.51. The summed E-state index contributed by atoms with van der Waals surface area (Å²) in [5.41, 5.74) is 0.383. The van der Waals surface area contributed by atoms with Crippen molar-refractivity contribution in [2.75, 3.05) is 0 Å². The number of aromatic hydroxyl groups is 1. The summed E-state index contributed by atoms with van der Waals surface area (Å²) in [5, 5.41) is 20.7. The van der Waals surface area contributed by atoms with Gasteiger partial charge in [-0.15, -0.1) is 5.11 Å². The second-order valence-corrected chi connectivity index (χ2v) is 5.64. The van der Waals surface area contributed by atoms with Crippen LogP contribution in [-0.4, -0.2) is 14.9 Å². The Morgan fingerprint density at radius 3 is 2.40 bits per heavy atom. The lowest BCUT2D eigenvalue weighted by Gasteiger charge is -2.03. The third-order valence-electron chi connectivity index (χ3n) is 3.59. The molecule has 0 radical (unpaired) electrons. The second kappa shape index (κ2) is 6.23. The second-order valence-electron chi connectivity index (χ2n) is 5.64. The lowest BCUT2D eigenvalue weighted by molar-refractivity contribution is 0.426. The van der Waals surface area contributed by atoms with Gasteiger partial charge < -0.3 is 9.52 Å². The molecule has 0 unspecified atom stereocenters. The van der Waals surface area contributed by atoms with E-state index in [1.54, 1.807) is 19.1 Å². The van der Waals surface area contributed by atoms with Crippen molar-refractivity contribution in [3.05, 3.63) is 68.1 Å². The highest BCUT2D eigenvalue weighted by Gasteiger charge is 2.19. The number of azo groups is 1. The van der Waals surface area contributed by atoms with Crippen LogP contribution in [0.3, 0.4) is 0 Å². The van der Waals surface area contributed by atoms with E-state index in [-0.39, 0.29) is 22.9 Å². The molecule has 2 N–H and O–H groups in total. The molecule has 8 nitrogen and oxygen atoms in total. The SMILES string of the molecule is Cc1ccc(N=Nc2c(C)[nH]n(-c3c(O)cc(C)oc3=O)c2=O)cc1. The number of nitrogens with zero attached hydrogens (tertiary/aromatic N) is 3. The van der Waals surface area contributed by atoms with Crippen LogP contribution in [0.25, 0.3) is 5.69 Å². The first kappa shape index (κ1) is 16.4. The predicted octanol–water partition coefficient (Wildman–Crippen LogP) is 3.17. The molecule has 0 saturated carbocycles. The van der Waals surface area contributed by atoms with Crippen molar-refractivity contribution in [3.63, 3.8) is 0 Å². The van der Waals surface area contributed by atoms with Crippen molar-refractivity contribution in [2.45, 2.75) is 20.8 Å². The van der Waals surface area contributed by atoms with Gasteiger partial charge in [0.15, 0.2) is 17.1 Å².